The summed E-state index contributed by atoms with van der Waals surface area (Å²) < 4.78 is 10.7. The van der Waals surface area contributed by atoms with Gasteiger partial charge in [0, 0.05) is 11.8 Å². The van der Waals surface area contributed by atoms with Crippen LogP contribution in [0, 0.1) is 6.92 Å². The van der Waals surface area contributed by atoms with E-state index in [9.17, 15) is 4.79 Å². The van der Waals surface area contributed by atoms with Gasteiger partial charge in [-0.25, -0.2) is 0 Å². The number of amides is 1. The molecule has 26 heavy (non-hydrogen) atoms. The normalized spacial score (nSPS) is 11.7. The highest BCUT2D eigenvalue weighted by Crippen LogP contribution is 2.29. The highest BCUT2D eigenvalue weighted by atomic mass is 35.5. The maximum atomic E-state index is 12.2. The molecule has 1 atom stereocenters. The molecule has 1 amide bonds. The molecule has 1 heterocycles. The molecule has 7 heteroatoms. The second-order valence-electron chi connectivity index (χ2n) is 5.74. The molecule has 0 aliphatic carbocycles. The molecule has 3 rings (SSSR count). The summed E-state index contributed by atoms with van der Waals surface area (Å²) in [6.45, 7) is 3.54. The Morgan fingerprint density at radius 2 is 1.92 bits per heavy atom. The van der Waals surface area contributed by atoms with Gasteiger partial charge >= 0.3 is 0 Å². The van der Waals surface area contributed by atoms with Crippen LogP contribution >= 0.6 is 11.6 Å². The average Bonchev–Trinajstić information content (AvgIpc) is 3.03. The van der Waals surface area contributed by atoms with E-state index in [1.54, 1.807) is 44.2 Å². The summed E-state index contributed by atoms with van der Waals surface area (Å²) in [6, 6.07) is 15.7. The number of aryl methyl sites for hydroxylation is 1. The standard InChI is InChI=1S/C19H18ClN3O3/c1-12-11-18(26-23-12)22-19(24)13(2)21-14-7-9-15(10-8-14)25-17-6-4-3-5-16(17)20/h3-11,13,21H,1-2H3,(H,22,24)/t13-/m1/s1. The monoisotopic (exact) mass is 371 g/mol. The summed E-state index contributed by atoms with van der Waals surface area (Å²) in [6.07, 6.45) is 0. The molecular formula is C19H18ClN3O3. The number of nitrogens with zero attached hydrogens (tertiary/aromatic N) is 1. The Morgan fingerprint density at radius 3 is 2.58 bits per heavy atom. The molecule has 0 radical (unpaired) electrons. The quantitative estimate of drug-likeness (QED) is 0.646. The maximum Gasteiger partial charge on any atom is 0.248 e. The van der Waals surface area contributed by atoms with Crippen LogP contribution in [0.25, 0.3) is 0 Å². The number of halogens is 1. The zero-order valence-corrected chi connectivity index (χ0v) is 15.1. The Morgan fingerprint density at radius 1 is 1.19 bits per heavy atom. The first-order chi connectivity index (χ1) is 12.5. The molecule has 1 aromatic heterocycles. The number of benzene rings is 2. The van der Waals surface area contributed by atoms with E-state index in [0.29, 0.717) is 28.1 Å². The Kier molecular flexibility index (Phi) is 5.43. The Bertz CT molecular complexity index is 893. The van der Waals surface area contributed by atoms with Gasteiger partial charge in [-0.3, -0.25) is 10.1 Å². The van der Waals surface area contributed by atoms with Crippen molar-refractivity contribution in [1.82, 2.24) is 5.16 Å². The number of anilines is 2. The number of nitrogens with one attached hydrogen (secondary N) is 2. The molecule has 6 nitrogen and oxygen atoms in total. The van der Waals surface area contributed by atoms with Gasteiger partial charge < -0.3 is 14.6 Å². The van der Waals surface area contributed by atoms with E-state index in [1.807, 2.05) is 24.3 Å². The first kappa shape index (κ1) is 17.8. The number of para-hydroxylation sites is 1. The van der Waals surface area contributed by atoms with Gasteiger partial charge in [0.05, 0.1) is 10.7 Å². The van der Waals surface area contributed by atoms with Crippen LogP contribution in [0.2, 0.25) is 5.02 Å². The van der Waals surface area contributed by atoms with Crippen molar-refractivity contribution in [2.24, 2.45) is 0 Å². The van der Waals surface area contributed by atoms with Gasteiger partial charge in [-0.15, -0.1) is 0 Å². The molecule has 0 spiro atoms. The molecule has 2 N–H and O–H groups in total. The SMILES string of the molecule is Cc1cc(NC(=O)[C@@H](C)Nc2ccc(Oc3ccccc3Cl)cc2)on1. The predicted molar refractivity (Wildman–Crippen MR) is 101 cm³/mol. The van der Waals surface area contributed by atoms with Crippen molar-refractivity contribution in [3.63, 3.8) is 0 Å². The number of carbonyl (C=O) groups excluding carboxylic acids is 1. The molecule has 2 aromatic carbocycles. The van der Waals surface area contributed by atoms with Crippen LogP contribution in [0.1, 0.15) is 12.6 Å². The summed E-state index contributed by atoms with van der Waals surface area (Å²) in [5.74, 6) is 1.34. The van der Waals surface area contributed by atoms with E-state index >= 15 is 0 Å². The van der Waals surface area contributed by atoms with Crippen molar-refractivity contribution < 1.29 is 14.1 Å². The third kappa shape index (κ3) is 4.55. The minimum absolute atomic E-state index is 0.224. The zero-order valence-electron chi connectivity index (χ0n) is 14.3. The van der Waals surface area contributed by atoms with E-state index in [1.165, 1.54) is 0 Å². The molecule has 134 valence electrons. The van der Waals surface area contributed by atoms with Crippen LogP contribution in [-0.2, 0) is 4.79 Å². The fourth-order valence-corrected chi connectivity index (χ4v) is 2.42. The molecule has 3 aromatic rings. The van der Waals surface area contributed by atoms with Gasteiger partial charge in [0.15, 0.2) is 0 Å². The van der Waals surface area contributed by atoms with E-state index in [4.69, 9.17) is 20.9 Å². The lowest BCUT2D eigenvalue weighted by molar-refractivity contribution is -0.116. The van der Waals surface area contributed by atoms with Crippen LogP contribution in [0.4, 0.5) is 11.6 Å². The molecule has 0 unspecified atom stereocenters. The van der Waals surface area contributed by atoms with Gasteiger partial charge in [-0.2, -0.15) is 0 Å². The lowest BCUT2D eigenvalue weighted by Gasteiger charge is -2.14. The van der Waals surface area contributed by atoms with Gasteiger partial charge in [0.1, 0.15) is 17.5 Å². The third-order valence-electron chi connectivity index (χ3n) is 3.57. The number of rotatable bonds is 6. The number of hydrogen-bond acceptors (Lipinski definition) is 5. The molecule has 0 aliphatic rings. The van der Waals surface area contributed by atoms with Gasteiger partial charge in [0.2, 0.25) is 11.8 Å². The van der Waals surface area contributed by atoms with Crippen LogP contribution in [0.5, 0.6) is 11.5 Å². The summed E-state index contributed by atoms with van der Waals surface area (Å²) in [5.41, 5.74) is 1.49. The second kappa shape index (κ2) is 7.93. The van der Waals surface area contributed by atoms with E-state index in [-0.39, 0.29) is 5.91 Å². The smallest absolute Gasteiger partial charge is 0.248 e. The van der Waals surface area contributed by atoms with Crippen LogP contribution < -0.4 is 15.4 Å². The highest BCUT2D eigenvalue weighted by Gasteiger charge is 2.15. The number of aromatic nitrogens is 1. The Hall–Kier alpha value is -2.99. The fraction of sp³-hybridized carbons (Fsp3) is 0.158. The summed E-state index contributed by atoms with van der Waals surface area (Å²) in [7, 11) is 0. The first-order valence-corrected chi connectivity index (χ1v) is 8.42. The minimum Gasteiger partial charge on any atom is -0.456 e. The number of hydrogen-bond donors (Lipinski definition) is 2. The molecular weight excluding hydrogens is 354 g/mol. The van der Waals surface area contributed by atoms with Crippen molar-refractivity contribution in [1.29, 1.82) is 0 Å². The van der Waals surface area contributed by atoms with Crippen molar-refractivity contribution in [3.8, 4) is 11.5 Å². The molecule has 0 fully saturated rings. The lowest BCUT2D eigenvalue weighted by atomic mass is 10.2. The lowest BCUT2D eigenvalue weighted by Crippen LogP contribution is -2.31. The zero-order chi connectivity index (χ0) is 18.5. The van der Waals surface area contributed by atoms with Crippen LogP contribution in [0.15, 0.2) is 59.1 Å². The van der Waals surface area contributed by atoms with Crippen molar-refractivity contribution in [2.75, 3.05) is 10.6 Å². The Labute approximate surface area is 156 Å². The summed E-state index contributed by atoms with van der Waals surface area (Å²) in [4.78, 5) is 12.2. The average molecular weight is 372 g/mol. The molecule has 0 aliphatic heterocycles. The van der Waals surface area contributed by atoms with Crippen molar-refractivity contribution >= 4 is 29.1 Å². The fourth-order valence-electron chi connectivity index (χ4n) is 2.24. The largest absolute Gasteiger partial charge is 0.456 e. The van der Waals surface area contributed by atoms with Crippen molar-refractivity contribution in [2.45, 2.75) is 19.9 Å². The van der Waals surface area contributed by atoms with Gasteiger partial charge in [0.25, 0.3) is 0 Å². The van der Waals surface area contributed by atoms with Crippen LogP contribution in [-0.4, -0.2) is 17.1 Å². The molecule has 0 saturated carbocycles. The summed E-state index contributed by atoms with van der Waals surface area (Å²) in [5, 5.41) is 10.1. The predicted octanol–water partition coefficient (Wildman–Crippen LogP) is 4.87. The highest BCUT2D eigenvalue weighted by molar-refractivity contribution is 6.32. The molecule has 0 bridgehead atoms. The van der Waals surface area contributed by atoms with Gasteiger partial charge in [-0.05, 0) is 50.2 Å². The topological polar surface area (TPSA) is 76.4 Å². The third-order valence-corrected chi connectivity index (χ3v) is 3.88. The van der Waals surface area contributed by atoms with E-state index < -0.39 is 6.04 Å². The van der Waals surface area contributed by atoms with E-state index in [2.05, 4.69) is 15.8 Å². The van der Waals surface area contributed by atoms with Gasteiger partial charge in [-0.1, -0.05) is 28.9 Å². The van der Waals surface area contributed by atoms with E-state index in [0.717, 1.165) is 5.69 Å². The number of carbonyl (C=O) groups is 1. The minimum atomic E-state index is -0.462. The molecule has 0 saturated heterocycles. The number of ether oxygens (including phenoxy) is 1. The summed E-state index contributed by atoms with van der Waals surface area (Å²) >= 11 is 6.08. The van der Waals surface area contributed by atoms with Crippen LogP contribution in [0.3, 0.4) is 0 Å². The van der Waals surface area contributed by atoms with Crippen molar-refractivity contribution in [3.05, 3.63) is 65.3 Å². The first-order valence-electron chi connectivity index (χ1n) is 8.04. The maximum absolute atomic E-state index is 12.2. The Balaban J connectivity index is 1.58. The second-order valence-corrected chi connectivity index (χ2v) is 6.15.